The van der Waals surface area contributed by atoms with E-state index in [0.29, 0.717) is 6.04 Å². The smallest absolute Gasteiger partial charge is 0.0532 e. The monoisotopic (exact) mass is 333 g/mol. The third kappa shape index (κ3) is 2.82. The van der Waals surface area contributed by atoms with Gasteiger partial charge in [-0.25, -0.2) is 0 Å². The van der Waals surface area contributed by atoms with Gasteiger partial charge in [-0.3, -0.25) is 0 Å². The number of anilines is 1. The molecule has 0 fully saturated rings. The summed E-state index contributed by atoms with van der Waals surface area (Å²) in [6.45, 7) is 2.11. The average molecular weight is 334 g/mol. The molecular weight excluding hydrogens is 318 g/mol. The van der Waals surface area contributed by atoms with E-state index in [1.54, 1.807) is 0 Å². The second kappa shape index (κ2) is 5.59. The molecule has 0 aliphatic carbocycles. The summed E-state index contributed by atoms with van der Waals surface area (Å²) in [4.78, 5) is 1.41. The number of hydrogen-bond acceptors (Lipinski definition) is 2. The molecule has 1 N–H and O–H groups in total. The Bertz CT molecular complexity index is 597. The van der Waals surface area contributed by atoms with Gasteiger partial charge in [0.15, 0.2) is 0 Å². The number of benzene rings is 2. The molecule has 1 aliphatic rings. The molecule has 2 aromatic carbocycles. The molecule has 0 saturated heterocycles. The Kier molecular flexibility index (Phi) is 3.85. The van der Waals surface area contributed by atoms with Crippen molar-refractivity contribution in [2.24, 2.45) is 0 Å². The highest BCUT2D eigenvalue weighted by Gasteiger charge is 2.19. The normalized spacial score (nSPS) is 17.9. The maximum absolute atomic E-state index is 3.66. The summed E-state index contributed by atoms with van der Waals surface area (Å²) in [5.41, 5.74) is 3.88. The lowest BCUT2D eigenvalue weighted by Crippen LogP contribution is -2.15. The molecule has 0 spiro atoms. The lowest BCUT2D eigenvalue weighted by Gasteiger charge is -2.27. The number of aryl methyl sites for hydroxylation is 1. The first-order chi connectivity index (χ1) is 9.24. The zero-order valence-corrected chi connectivity index (χ0v) is 13.2. The van der Waals surface area contributed by atoms with E-state index < -0.39 is 0 Å². The molecule has 0 saturated carbocycles. The van der Waals surface area contributed by atoms with Gasteiger partial charge in [-0.1, -0.05) is 40.2 Å². The maximum atomic E-state index is 3.66. The third-order valence-corrected chi connectivity index (χ3v) is 5.45. The molecule has 98 valence electrons. The minimum atomic E-state index is 0.423. The highest BCUT2D eigenvalue weighted by atomic mass is 79.9. The van der Waals surface area contributed by atoms with Crippen molar-refractivity contribution in [1.29, 1.82) is 0 Å². The number of halogens is 1. The second-order valence-corrected chi connectivity index (χ2v) is 6.83. The predicted molar refractivity (Wildman–Crippen MR) is 87.0 cm³/mol. The van der Waals surface area contributed by atoms with Gasteiger partial charge in [0.25, 0.3) is 0 Å². The van der Waals surface area contributed by atoms with Gasteiger partial charge in [0, 0.05) is 20.8 Å². The van der Waals surface area contributed by atoms with Gasteiger partial charge in [0.05, 0.1) is 6.04 Å². The van der Waals surface area contributed by atoms with E-state index in [1.807, 2.05) is 11.8 Å². The Morgan fingerprint density at radius 1 is 1.21 bits per heavy atom. The first-order valence-corrected chi connectivity index (χ1v) is 8.26. The van der Waals surface area contributed by atoms with Gasteiger partial charge in [-0.15, -0.1) is 11.8 Å². The van der Waals surface area contributed by atoms with Crippen LogP contribution in [0.3, 0.4) is 0 Å². The maximum Gasteiger partial charge on any atom is 0.0532 e. The summed E-state index contributed by atoms with van der Waals surface area (Å²) in [7, 11) is 0. The molecule has 3 rings (SSSR count). The molecule has 1 nitrogen and oxygen atoms in total. The predicted octanol–water partition coefficient (Wildman–Crippen LogP) is 5.41. The van der Waals surface area contributed by atoms with Crippen molar-refractivity contribution in [1.82, 2.24) is 0 Å². The van der Waals surface area contributed by atoms with Crippen LogP contribution in [0.4, 0.5) is 5.69 Å². The van der Waals surface area contributed by atoms with Gasteiger partial charge in [-0.05, 0) is 42.7 Å². The summed E-state index contributed by atoms with van der Waals surface area (Å²) in [6, 6.07) is 15.6. The van der Waals surface area contributed by atoms with Crippen LogP contribution in [0.5, 0.6) is 0 Å². The third-order valence-electron chi connectivity index (χ3n) is 3.47. The molecule has 1 atom stereocenters. The molecule has 0 aromatic heterocycles. The Labute approximate surface area is 126 Å². The molecule has 0 amide bonds. The Morgan fingerprint density at radius 2 is 2.05 bits per heavy atom. The molecule has 1 aliphatic heterocycles. The van der Waals surface area contributed by atoms with E-state index in [0.717, 1.165) is 4.47 Å². The van der Waals surface area contributed by atoms with E-state index in [9.17, 15) is 0 Å². The highest BCUT2D eigenvalue weighted by molar-refractivity contribution is 9.10. The first-order valence-electron chi connectivity index (χ1n) is 6.48. The molecule has 3 heteroatoms. The SMILES string of the molecule is Cc1ccc(NC2CCSc3ccccc32)cc1Br. The number of thioether (sulfide) groups is 1. The molecule has 0 radical (unpaired) electrons. The van der Waals surface area contributed by atoms with Crippen molar-refractivity contribution < 1.29 is 0 Å². The fourth-order valence-electron chi connectivity index (χ4n) is 2.38. The molecule has 1 heterocycles. The van der Waals surface area contributed by atoms with Crippen molar-refractivity contribution >= 4 is 33.4 Å². The number of rotatable bonds is 2. The van der Waals surface area contributed by atoms with Crippen LogP contribution in [-0.4, -0.2) is 5.75 Å². The van der Waals surface area contributed by atoms with Gasteiger partial charge in [0.1, 0.15) is 0 Å². The Balaban J connectivity index is 1.86. The van der Waals surface area contributed by atoms with E-state index in [-0.39, 0.29) is 0 Å². The van der Waals surface area contributed by atoms with Crippen LogP contribution >= 0.6 is 27.7 Å². The second-order valence-electron chi connectivity index (χ2n) is 4.84. The van der Waals surface area contributed by atoms with Crippen LogP contribution in [0.15, 0.2) is 51.8 Å². The fourth-order valence-corrected chi connectivity index (χ4v) is 3.88. The van der Waals surface area contributed by atoms with Crippen LogP contribution in [0.25, 0.3) is 0 Å². The highest BCUT2D eigenvalue weighted by Crippen LogP contribution is 2.38. The summed E-state index contributed by atoms with van der Waals surface area (Å²) >= 11 is 5.56. The summed E-state index contributed by atoms with van der Waals surface area (Å²) in [5, 5.41) is 3.66. The molecule has 1 unspecified atom stereocenters. The zero-order chi connectivity index (χ0) is 13.2. The van der Waals surface area contributed by atoms with Crippen LogP contribution in [0, 0.1) is 6.92 Å². The molecule has 0 bridgehead atoms. The summed E-state index contributed by atoms with van der Waals surface area (Å²) in [6.07, 6.45) is 1.17. The lowest BCUT2D eigenvalue weighted by molar-refractivity contribution is 0.728. The van der Waals surface area contributed by atoms with Crippen molar-refractivity contribution in [2.75, 3.05) is 11.1 Å². The van der Waals surface area contributed by atoms with Crippen molar-refractivity contribution in [2.45, 2.75) is 24.3 Å². The Hall–Kier alpha value is -0.930. The van der Waals surface area contributed by atoms with Gasteiger partial charge < -0.3 is 5.32 Å². The van der Waals surface area contributed by atoms with E-state index in [1.165, 1.54) is 33.9 Å². The van der Waals surface area contributed by atoms with Crippen molar-refractivity contribution in [3.8, 4) is 0 Å². The van der Waals surface area contributed by atoms with Crippen molar-refractivity contribution in [3.05, 3.63) is 58.1 Å². The van der Waals surface area contributed by atoms with Crippen molar-refractivity contribution in [3.63, 3.8) is 0 Å². The molecule has 2 aromatic rings. The van der Waals surface area contributed by atoms with E-state index in [2.05, 4.69) is 70.6 Å². The zero-order valence-electron chi connectivity index (χ0n) is 10.8. The lowest BCUT2D eigenvalue weighted by atomic mass is 10.0. The quantitative estimate of drug-likeness (QED) is 0.788. The number of nitrogens with one attached hydrogen (secondary N) is 1. The summed E-state index contributed by atoms with van der Waals surface area (Å²) in [5.74, 6) is 1.18. The van der Waals surface area contributed by atoms with Crippen LogP contribution < -0.4 is 5.32 Å². The minimum Gasteiger partial charge on any atom is -0.378 e. The average Bonchev–Trinajstić information content (AvgIpc) is 2.43. The first kappa shape index (κ1) is 13.1. The van der Waals surface area contributed by atoms with E-state index >= 15 is 0 Å². The van der Waals surface area contributed by atoms with Gasteiger partial charge in [0.2, 0.25) is 0 Å². The van der Waals surface area contributed by atoms with Crippen LogP contribution in [0.2, 0.25) is 0 Å². The van der Waals surface area contributed by atoms with Gasteiger partial charge >= 0.3 is 0 Å². The number of hydrogen-bond donors (Lipinski definition) is 1. The Morgan fingerprint density at radius 3 is 2.89 bits per heavy atom. The van der Waals surface area contributed by atoms with Crippen LogP contribution in [0.1, 0.15) is 23.6 Å². The topological polar surface area (TPSA) is 12.0 Å². The fraction of sp³-hybridized carbons (Fsp3) is 0.250. The van der Waals surface area contributed by atoms with Gasteiger partial charge in [-0.2, -0.15) is 0 Å². The molecular formula is C16H16BrNS. The minimum absolute atomic E-state index is 0.423. The standard InChI is InChI=1S/C16H16BrNS/c1-11-6-7-12(10-14(11)17)18-15-8-9-19-16-5-3-2-4-13(15)16/h2-7,10,15,18H,8-9H2,1H3. The van der Waals surface area contributed by atoms with Crippen LogP contribution in [-0.2, 0) is 0 Å². The van der Waals surface area contributed by atoms with E-state index in [4.69, 9.17) is 0 Å². The summed E-state index contributed by atoms with van der Waals surface area (Å²) < 4.78 is 1.16. The number of fused-ring (bicyclic) bond motifs is 1. The largest absolute Gasteiger partial charge is 0.378 e. The molecule has 19 heavy (non-hydrogen) atoms.